The van der Waals surface area contributed by atoms with Crippen LogP contribution in [0.3, 0.4) is 0 Å². The Morgan fingerprint density at radius 3 is 1.82 bits per heavy atom. The van der Waals surface area contributed by atoms with Gasteiger partial charge in [-0.15, -0.1) is 0 Å². The van der Waals surface area contributed by atoms with Gasteiger partial charge < -0.3 is 13.9 Å². The summed E-state index contributed by atoms with van der Waals surface area (Å²) in [5.41, 5.74) is 10.7. The van der Waals surface area contributed by atoms with Gasteiger partial charge in [0.2, 0.25) is 0 Å². The molecule has 0 unspecified atom stereocenters. The lowest BCUT2D eigenvalue weighted by atomic mass is 9.94. The molecule has 0 radical (unpaired) electrons. The number of hydrogen-bond acceptors (Lipinski definition) is 2. The molecule has 230 valence electrons. The van der Waals surface area contributed by atoms with Crippen molar-refractivity contribution in [2.45, 2.75) is 0 Å². The van der Waals surface area contributed by atoms with E-state index in [-0.39, 0.29) is 0 Å². The molecule has 0 N–H and O–H groups in total. The van der Waals surface area contributed by atoms with Crippen molar-refractivity contribution in [1.82, 2.24) is 4.57 Å². The molecule has 0 saturated carbocycles. The molecule has 0 fully saturated rings. The lowest BCUT2D eigenvalue weighted by Crippen LogP contribution is -2.10. The molecule has 0 aliphatic heterocycles. The van der Waals surface area contributed by atoms with E-state index < -0.39 is 0 Å². The predicted molar refractivity (Wildman–Crippen MR) is 206 cm³/mol. The van der Waals surface area contributed by atoms with Crippen molar-refractivity contribution in [2.75, 3.05) is 4.90 Å². The minimum atomic E-state index is 0.857. The molecule has 0 aliphatic rings. The summed E-state index contributed by atoms with van der Waals surface area (Å²) in [5.74, 6) is 0. The molecular weight excluding hydrogens is 597 g/mol. The topological polar surface area (TPSA) is 21.3 Å². The van der Waals surface area contributed by atoms with E-state index in [9.17, 15) is 0 Å². The van der Waals surface area contributed by atoms with Gasteiger partial charge in [-0.2, -0.15) is 0 Å². The molecule has 0 spiro atoms. The molecule has 2 aromatic heterocycles. The van der Waals surface area contributed by atoms with Crippen LogP contribution in [0.15, 0.2) is 186 Å². The van der Waals surface area contributed by atoms with Gasteiger partial charge in [0.15, 0.2) is 5.58 Å². The lowest BCUT2D eigenvalue weighted by Gasteiger charge is -2.26. The number of anilines is 3. The third-order valence-electron chi connectivity index (χ3n) is 9.76. The summed E-state index contributed by atoms with van der Waals surface area (Å²) in [7, 11) is 0. The average molecular weight is 627 g/mol. The van der Waals surface area contributed by atoms with E-state index in [2.05, 4.69) is 191 Å². The fraction of sp³-hybridized carbons (Fsp3) is 0. The van der Waals surface area contributed by atoms with Crippen LogP contribution in [0.2, 0.25) is 0 Å². The minimum Gasteiger partial charge on any atom is -0.454 e. The normalized spacial score (nSPS) is 11.7. The lowest BCUT2D eigenvalue weighted by molar-refractivity contribution is 0.669. The van der Waals surface area contributed by atoms with Crippen LogP contribution in [0, 0.1) is 0 Å². The summed E-state index contributed by atoms with van der Waals surface area (Å²) in [4.78, 5) is 2.30. The van der Waals surface area contributed by atoms with Gasteiger partial charge >= 0.3 is 0 Å². The van der Waals surface area contributed by atoms with Crippen LogP contribution in [0.5, 0.6) is 0 Å². The molecule has 0 aliphatic carbocycles. The molecule has 0 atom stereocenters. The van der Waals surface area contributed by atoms with Crippen molar-refractivity contribution >= 4 is 71.6 Å². The summed E-state index contributed by atoms with van der Waals surface area (Å²) in [5, 5.41) is 7.07. The molecule has 49 heavy (non-hydrogen) atoms. The number of furan rings is 1. The van der Waals surface area contributed by atoms with Crippen LogP contribution in [0.25, 0.3) is 71.3 Å². The quantitative estimate of drug-likeness (QED) is 0.190. The number of benzene rings is 8. The highest BCUT2D eigenvalue weighted by Gasteiger charge is 2.25. The van der Waals surface area contributed by atoms with Crippen LogP contribution < -0.4 is 4.90 Å². The van der Waals surface area contributed by atoms with Crippen molar-refractivity contribution in [3.05, 3.63) is 182 Å². The minimum absolute atomic E-state index is 0.857. The molecular formula is C46H30N2O. The highest BCUT2D eigenvalue weighted by molar-refractivity contribution is 6.26. The van der Waals surface area contributed by atoms with E-state index in [1.54, 1.807) is 0 Å². The molecule has 3 heteroatoms. The predicted octanol–water partition coefficient (Wildman–Crippen LogP) is 13.0. The van der Waals surface area contributed by atoms with E-state index in [4.69, 9.17) is 4.42 Å². The second kappa shape index (κ2) is 11.0. The molecule has 10 aromatic rings. The van der Waals surface area contributed by atoms with Crippen LogP contribution in [0.1, 0.15) is 0 Å². The molecule has 8 aromatic carbocycles. The maximum atomic E-state index is 7.02. The summed E-state index contributed by atoms with van der Waals surface area (Å²) in [6.07, 6.45) is 0. The van der Waals surface area contributed by atoms with E-state index >= 15 is 0 Å². The maximum Gasteiger partial charge on any atom is 0.160 e. The van der Waals surface area contributed by atoms with E-state index in [0.29, 0.717) is 0 Å². The van der Waals surface area contributed by atoms with Gasteiger partial charge in [0, 0.05) is 44.2 Å². The summed E-state index contributed by atoms with van der Waals surface area (Å²) >= 11 is 0. The van der Waals surface area contributed by atoms with Crippen LogP contribution in [-0.2, 0) is 0 Å². The fourth-order valence-corrected chi connectivity index (χ4v) is 7.69. The second-order valence-electron chi connectivity index (χ2n) is 12.5. The van der Waals surface area contributed by atoms with Crippen LogP contribution >= 0.6 is 0 Å². The van der Waals surface area contributed by atoms with Crippen molar-refractivity contribution in [2.24, 2.45) is 0 Å². The van der Waals surface area contributed by atoms with Gasteiger partial charge in [-0.3, -0.25) is 0 Å². The molecule has 0 bridgehead atoms. The first-order valence-electron chi connectivity index (χ1n) is 16.7. The van der Waals surface area contributed by atoms with Gasteiger partial charge in [0.1, 0.15) is 5.58 Å². The maximum absolute atomic E-state index is 7.02. The Labute approximate surface area is 283 Å². The number of para-hydroxylation sites is 5. The Bertz CT molecular complexity index is 2770. The van der Waals surface area contributed by atoms with Crippen molar-refractivity contribution in [3.63, 3.8) is 0 Å². The van der Waals surface area contributed by atoms with Gasteiger partial charge in [-0.05, 0) is 70.9 Å². The van der Waals surface area contributed by atoms with Gasteiger partial charge in [-0.25, -0.2) is 0 Å². The second-order valence-corrected chi connectivity index (χ2v) is 12.5. The van der Waals surface area contributed by atoms with Crippen molar-refractivity contribution < 1.29 is 4.42 Å². The fourth-order valence-electron chi connectivity index (χ4n) is 7.69. The molecule has 0 saturated heterocycles. The Kier molecular flexibility index (Phi) is 6.18. The van der Waals surface area contributed by atoms with Gasteiger partial charge in [0.25, 0.3) is 0 Å². The average Bonchev–Trinajstić information content (AvgIpc) is 3.74. The van der Waals surface area contributed by atoms with Gasteiger partial charge in [0.05, 0.1) is 16.7 Å². The highest BCUT2D eigenvalue weighted by Crippen LogP contribution is 2.49. The standard InChI is InChI=1S/C46H30N2O/c1-4-16-32(17-5-1)47(33-18-6-2-7-19-33)41-29-28-37(44-43-35-22-11-10-15-31(35)27-30-42(43)49-46(41)44)39-25-14-24-38-36-23-12-13-26-40(36)48(45(38)39)34-20-8-3-9-21-34/h1-30H. The first-order chi connectivity index (χ1) is 24.3. The SMILES string of the molecule is c1ccc(N(c2ccccc2)c2ccc(-c3cccc4c5ccccc5n(-c5ccccc5)c34)c3c2oc2ccc4ccccc4c23)cc1. The molecule has 0 amide bonds. The Balaban J connectivity index is 1.37. The Morgan fingerprint density at radius 2 is 1.06 bits per heavy atom. The van der Waals surface area contributed by atoms with E-state index in [1.807, 2.05) is 0 Å². The largest absolute Gasteiger partial charge is 0.454 e. The monoisotopic (exact) mass is 626 g/mol. The highest BCUT2D eigenvalue weighted by atomic mass is 16.3. The van der Waals surface area contributed by atoms with Gasteiger partial charge in [-0.1, -0.05) is 127 Å². The molecule has 2 heterocycles. The number of fused-ring (bicyclic) bond motifs is 8. The zero-order valence-electron chi connectivity index (χ0n) is 26.6. The van der Waals surface area contributed by atoms with Crippen LogP contribution in [0.4, 0.5) is 17.1 Å². The number of hydrogen-bond donors (Lipinski definition) is 0. The summed E-state index contributed by atoms with van der Waals surface area (Å²) in [6.45, 7) is 0. The van der Waals surface area contributed by atoms with Crippen molar-refractivity contribution in [3.8, 4) is 16.8 Å². The van der Waals surface area contributed by atoms with E-state index in [0.717, 1.165) is 55.8 Å². The van der Waals surface area contributed by atoms with Crippen LogP contribution in [-0.4, -0.2) is 4.57 Å². The molecule has 10 rings (SSSR count). The summed E-state index contributed by atoms with van der Waals surface area (Å²) < 4.78 is 9.43. The molecule has 3 nitrogen and oxygen atoms in total. The number of nitrogens with zero attached hydrogens (tertiary/aromatic N) is 2. The first-order valence-corrected chi connectivity index (χ1v) is 16.7. The first kappa shape index (κ1) is 27.5. The third kappa shape index (κ3) is 4.23. The summed E-state index contributed by atoms with van der Waals surface area (Å²) in [6, 6.07) is 64.7. The van der Waals surface area contributed by atoms with E-state index in [1.165, 1.54) is 32.6 Å². The number of rotatable bonds is 5. The smallest absolute Gasteiger partial charge is 0.160 e. The number of aromatic nitrogens is 1. The third-order valence-corrected chi connectivity index (χ3v) is 9.76. The zero-order valence-corrected chi connectivity index (χ0v) is 26.6. The van der Waals surface area contributed by atoms with Crippen molar-refractivity contribution in [1.29, 1.82) is 0 Å². The Hall–Kier alpha value is -6.58. The zero-order chi connectivity index (χ0) is 32.3. The Morgan fingerprint density at radius 1 is 0.429 bits per heavy atom.